The molecule has 0 aliphatic carbocycles. The molecule has 0 radical (unpaired) electrons. The molecule has 4 N–H and O–H groups in total. The lowest BCUT2D eigenvalue weighted by molar-refractivity contribution is -0.126. The first-order chi connectivity index (χ1) is 9.91. The number of nitrogens with zero attached hydrogens (tertiary/aromatic N) is 2. The number of nitrogen functional groups attached to an aromatic ring is 1. The monoisotopic (exact) mass is 333 g/mol. The number of halogens is 1. The Morgan fingerprint density at radius 1 is 1.62 bits per heavy atom. The number of sulfonamides is 1. The van der Waals surface area contributed by atoms with Crippen LogP contribution in [0, 0.1) is 0 Å². The summed E-state index contributed by atoms with van der Waals surface area (Å²) in [6, 6.07) is 0.535. The Hall–Kier alpha value is -1.42. The SMILES string of the molecule is CCC1C(=O)NCCN1S(=O)(=O)c1cnc(NN)c(Cl)c1. The normalized spacial score (nSPS) is 20.1. The van der Waals surface area contributed by atoms with Crippen molar-refractivity contribution in [1.82, 2.24) is 14.6 Å². The minimum atomic E-state index is -3.85. The smallest absolute Gasteiger partial charge is 0.245 e. The van der Waals surface area contributed by atoms with Crippen molar-refractivity contribution >= 4 is 33.3 Å². The first-order valence-corrected chi connectivity index (χ1v) is 8.15. The molecule has 0 aromatic carbocycles. The number of aromatic nitrogens is 1. The summed E-state index contributed by atoms with van der Waals surface area (Å²) < 4.78 is 26.5. The van der Waals surface area contributed by atoms with Gasteiger partial charge in [0.2, 0.25) is 15.9 Å². The van der Waals surface area contributed by atoms with Gasteiger partial charge in [0.1, 0.15) is 10.9 Å². The first kappa shape index (κ1) is 16.0. The Morgan fingerprint density at radius 2 is 2.33 bits per heavy atom. The van der Waals surface area contributed by atoms with Gasteiger partial charge in [0.15, 0.2) is 5.82 Å². The summed E-state index contributed by atoms with van der Waals surface area (Å²) in [5, 5.41) is 2.74. The minimum absolute atomic E-state index is 0.0698. The number of pyridine rings is 1. The third-order valence-electron chi connectivity index (χ3n) is 3.23. The number of hydrogen-bond acceptors (Lipinski definition) is 6. The lowest BCUT2D eigenvalue weighted by Crippen LogP contribution is -2.56. The Bertz CT molecular complexity index is 651. The Balaban J connectivity index is 2.41. The van der Waals surface area contributed by atoms with Crippen LogP contribution >= 0.6 is 11.6 Å². The number of nitrogens with one attached hydrogen (secondary N) is 2. The molecule has 2 rings (SSSR count). The molecule has 1 amide bonds. The van der Waals surface area contributed by atoms with Crippen LogP contribution in [-0.4, -0.2) is 42.7 Å². The lowest BCUT2D eigenvalue weighted by Gasteiger charge is -2.33. The van der Waals surface area contributed by atoms with Gasteiger partial charge < -0.3 is 10.7 Å². The van der Waals surface area contributed by atoms with E-state index in [0.717, 1.165) is 6.20 Å². The molecule has 1 unspecified atom stereocenters. The zero-order valence-corrected chi connectivity index (χ0v) is 12.9. The van der Waals surface area contributed by atoms with E-state index in [9.17, 15) is 13.2 Å². The number of hydrogen-bond donors (Lipinski definition) is 3. The molecule has 1 saturated heterocycles. The molecule has 0 saturated carbocycles. The fraction of sp³-hybridized carbons (Fsp3) is 0.455. The first-order valence-electron chi connectivity index (χ1n) is 6.33. The fourth-order valence-electron chi connectivity index (χ4n) is 2.17. The molecule has 1 fully saturated rings. The van der Waals surface area contributed by atoms with Gasteiger partial charge in [-0.1, -0.05) is 18.5 Å². The lowest BCUT2D eigenvalue weighted by atomic mass is 10.2. The van der Waals surface area contributed by atoms with E-state index in [2.05, 4.69) is 15.7 Å². The number of rotatable bonds is 4. The van der Waals surface area contributed by atoms with Crippen LogP contribution in [0.5, 0.6) is 0 Å². The summed E-state index contributed by atoms with van der Waals surface area (Å²) in [5.74, 6) is 5.08. The number of amides is 1. The summed E-state index contributed by atoms with van der Waals surface area (Å²) >= 11 is 5.91. The zero-order valence-electron chi connectivity index (χ0n) is 11.3. The van der Waals surface area contributed by atoms with Crippen molar-refractivity contribution in [2.45, 2.75) is 24.3 Å². The summed E-state index contributed by atoms with van der Waals surface area (Å²) in [7, 11) is -3.85. The van der Waals surface area contributed by atoms with Crippen molar-refractivity contribution in [2.75, 3.05) is 18.5 Å². The molecule has 21 heavy (non-hydrogen) atoms. The van der Waals surface area contributed by atoms with Crippen molar-refractivity contribution in [2.24, 2.45) is 5.84 Å². The topological polar surface area (TPSA) is 117 Å². The van der Waals surface area contributed by atoms with E-state index in [1.165, 1.54) is 10.4 Å². The van der Waals surface area contributed by atoms with E-state index in [0.29, 0.717) is 6.42 Å². The predicted molar refractivity (Wildman–Crippen MR) is 78.0 cm³/mol. The number of piperazine rings is 1. The maximum absolute atomic E-state index is 12.6. The summed E-state index contributed by atoms with van der Waals surface area (Å²) in [6.45, 7) is 2.24. The van der Waals surface area contributed by atoms with E-state index in [1.807, 2.05) is 0 Å². The van der Waals surface area contributed by atoms with Crippen LogP contribution in [0.2, 0.25) is 5.02 Å². The van der Waals surface area contributed by atoms with Crippen LogP contribution in [-0.2, 0) is 14.8 Å². The number of nitrogens with two attached hydrogens (primary N) is 1. The van der Waals surface area contributed by atoms with Gasteiger partial charge in [-0.05, 0) is 12.5 Å². The Morgan fingerprint density at radius 3 is 2.90 bits per heavy atom. The maximum Gasteiger partial charge on any atom is 0.245 e. The summed E-state index contributed by atoms with van der Waals surface area (Å²) in [4.78, 5) is 15.6. The molecule has 1 atom stereocenters. The van der Waals surface area contributed by atoms with Crippen LogP contribution in [0.25, 0.3) is 0 Å². The average molecular weight is 334 g/mol. The molecular weight excluding hydrogens is 318 g/mol. The van der Waals surface area contributed by atoms with E-state index in [1.54, 1.807) is 6.92 Å². The number of carbonyl (C=O) groups excluding carboxylic acids is 1. The number of anilines is 1. The van der Waals surface area contributed by atoms with E-state index in [-0.39, 0.29) is 34.7 Å². The summed E-state index contributed by atoms with van der Waals surface area (Å²) in [6.07, 6.45) is 1.55. The standard InChI is InChI=1S/C11H16ClN5O3S/c1-2-9-11(18)14-3-4-17(9)21(19,20)7-5-8(12)10(16-13)15-6-7/h5-6,9H,2-4,13H2,1H3,(H,14,18)(H,15,16). The van der Waals surface area contributed by atoms with Gasteiger partial charge >= 0.3 is 0 Å². The fourth-order valence-corrected chi connectivity index (χ4v) is 4.09. The molecule has 1 aromatic rings. The molecule has 0 spiro atoms. The minimum Gasteiger partial charge on any atom is -0.353 e. The van der Waals surface area contributed by atoms with Gasteiger partial charge in [-0.25, -0.2) is 19.2 Å². The Labute approximate surface area is 127 Å². The number of hydrazine groups is 1. The molecule has 8 nitrogen and oxygen atoms in total. The molecule has 10 heteroatoms. The van der Waals surface area contributed by atoms with Crippen molar-refractivity contribution in [3.8, 4) is 0 Å². The van der Waals surface area contributed by atoms with E-state index >= 15 is 0 Å². The van der Waals surface area contributed by atoms with Crippen molar-refractivity contribution in [3.63, 3.8) is 0 Å². The van der Waals surface area contributed by atoms with E-state index < -0.39 is 16.1 Å². The van der Waals surface area contributed by atoms with Crippen LogP contribution in [0.3, 0.4) is 0 Å². The molecular formula is C11H16ClN5O3S. The highest BCUT2D eigenvalue weighted by Gasteiger charge is 2.37. The van der Waals surface area contributed by atoms with Gasteiger partial charge in [0.25, 0.3) is 0 Å². The van der Waals surface area contributed by atoms with Crippen LogP contribution in [0.4, 0.5) is 5.82 Å². The average Bonchev–Trinajstić information content (AvgIpc) is 2.46. The van der Waals surface area contributed by atoms with Gasteiger partial charge in [0, 0.05) is 19.3 Å². The molecule has 116 valence electrons. The highest BCUT2D eigenvalue weighted by Crippen LogP contribution is 2.26. The van der Waals surface area contributed by atoms with E-state index in [4.69, 9.17) is 17.4 Å². The highest BCUT2D eigenvalue weighted by molar-refractivity contribution is 7.89. The number of carbonyl (C=O) groups is 1. The highest BCUT2D eigenvalue weighted by atomic mass is 35.5. The quantitative estimate of drug-likeness (QED) is 0.524. The second kappa shape index (κ2) is 6.14. The predicted octanol–water partition coefficient (Wildman–Crippen LogP) is -0.0803. The largest absolute Gasteiger partial charge is 0.353 e. The van der Waals surface area contributed by atoms with Crippen LogP contribution < -0.4 is 16.6 Å². The molecule has 2 heterocycles. The molecule has 0 bridgehead atoms. The van der Waals surface area contributed by atoms with Gasteiger partial charge in [-0.2, -0.15) is 4.31 Å². The second-order valence-corrected chi connectivity index (χ2v) is 6.77. The molecule has 1 aliphatic heterocycles. The van der Waals surface area contributed by atoms with Gasteiger partial charge in [0.05, 0.1) is 5.02 Å². The Kier molecular flexibility index (Phi) is 4.67. The van der Waals surface area contributed by atoms with Crippen LogP contribution in [0.15, 0.2) is 17.2 Å². The van der Waals surface area contributed by atoms with Gasteiger partial charge in [-0.15, -0.1) is 0 Å². The second-order valence-electron chi connectivity index (χ2n) is 4.48. The zero-order chi connectivity index (χ0) is 15.6. The van der Waals surface area contributed by atoms with Crippen molar-refractivity contribution in [3.05, 3.63) is 17.3 Å². The molecule has 1 aliphatic rings. The molecule has 1 aromatic heterocycles. The maximum atomic E-state index is 12.6. The third-order valence-corrected chi connectivity index (χ3v) is 5.39. The van der Waals surface area contributed by atoms with Crippen molar-refractivity contribution in [1.29, 1.82) is 0 Å². The summed E-state index contributed by atoms with van der Waals surface area (Å²) in [5.41, 5.74) is 2.26. The third kappa shape index (κ3) is 2.95. The van der Waals surface area contributed by atoms with Crippen LogP contribution in [0.1, 0.15) is 13.3 Å². The van der Waals surface area contributed by atoms with Crippen molar-refractivity contribution < 1.29 is 13.2 Å². The van der Waals surface area contributed by atoms with Gasteiger partial charge in [-0.3, -0.25) is 4.79 Å².